The van der Waals surface area contributed by atoms with Crippen molar-refractivity contribution in [2.24, 2.45) is 5.41 Å². The molecule has 6 rings (SSSR count). The Morgan fingerprint density at radius 2 is 1.24 bits per heavy atom. The van der Waals surface area contributed by atoms with Crippen molar-refractivity contribution in [2.45, 2.75) is 26.2 Å². The van der Waals surface area contributed by atoms with E-state index in [1.165, 1.54) is 0 Å². The minimum Gasteiger partial charge on any atom is -0.497 e. The largest absolute Gasteiger partial charge is 0.497 e. The van der Waals surface area contributed by atoms with Crippen LogP contribution in [0.3, 0.4) is 0 Å². The maximum Gasteiger partial charge on any atom is 0.343 e. The van der Waals surface area contributed by atoms with E-state index in [9.17, 15) is 9.59 Å². The summed E-state index contributed by atoms with van der Waals surface area (Å²) in [6.45, 7) is 7.33. The monoisotopic (exact) mass is 608 g/mol. The molecule has 1 heterocycles. The van der Waals surface area contributed by atoms with Crippen molar-refractivity contribution in [1.82, 2.24) is 0 Å². The zero-order chi connectivity index (χ0) is 31.4. The second kappa shape index (κ2) is 13.1. The van der Waals surface area contributed by atoms with Crippen molar-refractivity contribution >= 4 is 11.9 Å². The minimum atomic E-state index is -0.451. The fraction of sp³-hybridized carbons (Fsp3) is 0.297. The molecule has 0 aromatic heterocycles. The van der Waals surface area contributed by atoms with Gasteiger partial charge in [0, 0.05) is 11.3 Å². The lowest BCUT2D eigenvalue weighted by Gasteiger charge is -2.40. The van der Waals surface area contributed by atoms with Gasteiger partial charge >= 0.3 is 11.9 Å². The van der Waals surface area contributed by atoms with Crippen LogP contribution in [0.2, 0.25) is 0 Å². The molecule has 2 aliphatic rings. The van der Waals surface area contributed by atoms with Gasteiger partial charge in [-0.1, -0.05) is 26.0 Å². The van der Waals surface area contributed by atoms with E-state index in [0.29, 0.717) is 53.9 Å². The first kappa shape index (κ1) is 30.4. The lowest BCUT2D eigenvalue weighted by molar-refractivity contribution is -0.151. The molecule has 0 bridgehead atoms. The molecule has 0 N–H and O–H groups in total. The topological polar surface area (TPSA) is 89.5 Å². The molecule has 1 saturated heterocycles. The van der Waals surface area contributed by atoms with Crippen LogP contribution in [0.15, 0.2) is 84.9 Å². The van der Waals surface area contributed by atoms with Gasteiger partial charge in [0.25, 0.3) is 0 Å². The second-order valence-corrected chi connectivity index (χ2v) is 11.5. The summed E-state index contributed by atoms with van der Waals surface area (Å²) in [5, 5.41) is 0. The Morgan fingerprint density at radius 1 is 0.733 bits per heavy atom. The predicted molar refractivity (Wildman–Crippen MR) is 169 cm³/mol. The third-order valence-electron chi connectivity index (χ3n) is 8.58. The first-order valence-corrected chi connectivity index (χ1v) is 15.1. The van der Waals surface area contributed by atoms with Crippen LogP contribution in [-0.2, 0) is 9.47 Å². The maximum atomic E-state index is 12.9. The molecule has 8 heteroatoms. The molecule has 1 aliphatic heterocycles. The Labute approximate surface area is 262 Å². The van der Waals surface area contributed by atoms with Gasteiger partial charge in [-0.2, -0.15) is 0 Å². The van der Waals surface area contributed by atoms with E-state index in [-0.39, 0.29) is 11.3 Å². The van der Waals surface area contributed by atoms with E-state index in [4.69, 9.17) is 28.4 Å². The molecule has 4 aromatic rings. The summed E-state index contributed by atoms with van der Waals surface area (Å²) in [4.78, 5) is 25.6. The Morgan fingerprint density at radius 3 is 1.71 bits per heavy atom. The van der Waals surface area contributed by atoms with Gasteiger partial charge in [0.1, 0.15) is 29.6 Å². The van der Waals surface area contributed by atoms with Gasteiger partial charge in [-0.05, 0) is 101 Å². The Hall–Kier alpha value is -4.66. The van der Waals surface area contributed by atoms with E-state index >= 15 is 0 Å². The number of hydrogen-bond acceptors (Lipinski definition) is 8. The number of hydrogen-bond donors (Lipinski definition) is 0. The SMILES string of the molecule is CCC1(COCCOc2ccc(C(=O)Oc3ccc4c(c3)C(C)c3cc(OC(=O)c5ccc(OC)cc5)ccc3-4)cc2)COC1. The quantitative estimate of drug-likeness (QED) is 0.0957. The molecule has 1 aliphatic carbocycles. The summed E-state index contributed by atoms with van der Waals surface area (Å²) in [6.07, 6.45) is 1.04. The Kier molecular flexibility index (Phi) is 8.87. The normalized spacial score (nSPS) is 15.8. The molecule has 45 heavy (non-hydrogen) atoms. The van der Waals surface area contributed by atoms with Crippen LogP contribution in [0.1, 0.15) is 58.0 Å². The average Bonchev–Trinajstić information content (AvgIpc) is 3.32. The molecular formula is C37H36O8. The second-order valence-electron chi connectivity index (χ2n) is 11.5. The van der Waals surface area contributed by atoms with Crippen molar-refractivity contribution in [3.05, 3.63) is 107 Å². The van der Waals surface area contributed by atoms with Gasteiger partial charge in [0.15, 0.2) is 0 Å². The van der Waals surface area contributed by atoms with Gasteiger partial charge < -0.3 is 28.4 Å². The molecule has 0 amide bonds. The Bertz CT molecular complexity index is 1670. The van der Waals surface area contributed by atoms with E-state index in [0.717, 1.165) is 41.9 Å². The van der Waals surface area contributed by atoms with E-state index in [1.807, 2.05) is 24.3 Å². The highest BCUT2D eigenvalue weighted by Gasteiger charge is 2.37. The van der Waals surface area contributed by atoms with Crippen LogP contribution in [0.5, 0.6) is 23.0 Å². The molecular weight excluding hydrogens is 572 g/mol. The molecule has 4 aromatic carbocycles. The number of methoxy groups -OCH3 is 1. The first-order valence-electron chi connectivity index (χ1n) is 15.1. The van der Waals surface area contributed by atoms with Gasteiger partial charge in [-0.25, -0.2) is 9.59 Å². The first-order chi connectivity index (χ1) is 21.9. The third-order valence-corrected chi connectivity index (χ3v) is 8.58. The van der Waals surface area contributed by atoms with Crippen molar-refractivity contribution in [3.8, 4) is 34.1 Å². The van der Waals surface area contributed by atoms with Crippen molar-refractivity contribution in [3.63, 3.8) is 0 Å². The zero-order valence-electron chi connectivity index (χ0n) is 25.7. The van der Waals surface area contributed by atoms with Crippen molar-refractivity contribution in [1.29, 1.82) is 0 Å². The molecule has 1 fully saturated rings. The van der Waals surface area contributed by atoms with Crippen LogP contribution in [-0.4, -0.2) is 52.1 Å². The van der Waals surface area contributed by atoms with Crippen LogP contribution < -0.4 is 18.9 Å². The smallest absolute Gasteiger partial charge is 0.343 e. The highest BCUT2D eigenvalue weighted by Crippen LogP contribution is 2.47. The summed E-state index contributed by atoms with van der Waals surface area (Å²) in [7, 11) is 1.58. The summed E-state index contributed by atoms with van der Waals surface area (Å²) < 4.78 is 33.4. The zero-order valence-corrected chi connectivity index (χ0v) is 25.7. The van der Waals surface area contributed by atoms with Crippen LogP contribution in [0, 0.1) is 5.41 Å². The molecule has 1 unspecified atom stereocenters. The number of carbonyl (C=O) groups is 2. The predicted octanol–water partition coefficient (Wildman–Crippen LogP) is 7.09. The highest BCUT2D eigenvalue weighted by molar-refractivity contribution is 5.92. The molecule has 232 valence electrons. The molecule has 8 nitrogen and oxygen atoms in total. The summed E-state index contributed by atoms with van der Waals surface area (Å²) in [6, 6.07) is 25.0. The molecule has 0 spiro atoms. The summed E-state index contributed by atoms with van der Waals surface area (Å²) in [5.41, 5.74) is 5.21. The number of esters is 2. The average molecular weight is 609 g/mol. The van der Waals surface area contributed by atoms with Gasteiger partial charge in [-0.15, -0.1) is 0 Å². The van der Waals surface area contributed by atoms with E-state index in [1.54, 1.807) is 67.8 Å². The lowest BCUT2D eigenvalue weighted by Crippen LogP contribution is -2.45. The number of ether oxygens (including phenoxy) is 6. The fourth-order valence-corrected chi connectivity index (χ4v) is 5.62. The van der Waals surface area contributed by atoms with Gasteiger partial charge in [-0.3, -0.25) is 0 Å². The standard InChI is InChI=1S/C37H36O8/c1-4-37(22-42-23-37)21-41-17-18-43-28-11-7-26(8-12-28)36(39)45-30-14-16-32-31-15-13-29(19-33(31)24(2)34(32)20-30)44-35(38)25-5-9-27(40-3)10-6-25/h5-16,19-20,24H,4,17-18,21-23H2,1-3H3. The maximum absolute atomic E-state index is 12.9. The van der Waals surface area contributed by atoms with Crippen molar-refractivity contribution in [2.75, 3.05) is 40.1 Å². The lowest BCUT2D eigenvalue weighted by atomic mass is 9.84. The van der Waals surface area contributed by atoms with Crippen molar-refractivity contribution < 1.29 is 38.0 Å². The number of benzene rings is 4. The minimum absolute atomic E-state index is 0.0169. The van der Waals surface area contributed by atoms with Crippen LogP contribution in [0.4, 0.5) is 0 Å². The molecule has 0 radical (unpaired) electrons. The van der Waals surface area contributed by atoms with Gasteiger partial charge in [0.2, 0.25) is 0 Å². The summed E-state index contributed by atoms with van der Waals surface area (Å²) in [5.74, 6) is 1.38. The number of fused-ring (bicyclic) bond motifs is 3. The summed E-state index contributed by atoms with van der Waals surface area (Å²) >= 11 is 0. The number of carbonyl (C=O) groups excluding carboxylic acids is 2. The Balaban J connectivity index is 1.03. The highest BCUT2D eigenvalue weighted by atomic mass is 16.5. The molecule has 0 saturated carbocycles. The number of rotatable bonds is 12. The molecule has 1 atom stereocenters. The van der Waals surface area contributed by atoms with E-state index in [2.05, 4.69) is 13.8 Å². The van der Waals surface area contributed by atoms with E-state index < -0.39 is 11.9 Å². The van der Waals surface area contributed by atoms with Crippen LogP contribution in [0.25, 0.3) is 11.1 Å². The third kappa shape index (κ3) is 6.57. The van der Waals surface area contributed by atoms with Crippen LogP contribution >= 0.6 is 0 Å². The van der Waals surface area contributed by atoms with Gasteiger partial charge in [0.05, 0.1) is 44.7 Å². The fourth-order valence-electron chi connectivity index (χ4n) is 5.62.